The molecule has 0 bridgehead atoms. The molecule has 1 atom stereocenters. The molecule has 1 unspecified atom stereocenters. The maximum Gasteiger partial charge on any atom is 0.222 e. The summed E-state index contributed by atoms with van der Waals surface area (Å²) in [4.78, 5) is 11.5. The van der Waals surface area contributed by atoms with Crippen molar-refractivity contribution in [1.82, 2.24) is 20.3 Å². The lowest BCUT2D eigenvalue weighted by molar-refractivity contribution is -0.124. The standard InChI is InChI=1S/C15H28N4O3.H2/c1-5-13(4)15(20)16-6-8-21-9-7-19-10-14(17-18-19)11-22-12(2)3;/h10,12-13H,5-9,11H2,1-4H3,(H,16,20);1H. The van der Waals surface area contributed by atoms with Crippen molar-refractivity contribution in [2.45, 2.75) is 53.4 Å². The Labute approximate surface area is 133 Å². The van der Waals surface area contributed by atoms with E-state index in [2.05, 4.69) is 15.6 Å². The van der Waals surface area contributed by atoms with Crippen molar-refractivity contribution in [2.24, 2.45) is 5.92 Å². The zero-order valence-corrected chi connectivity index (χ0v) is 14.0. The van der Waals surface area contributed by atoms with E-state index in [9.17, 15) is 4.79 Å². The Morgan fingerprint density at radius 3 is 2.86 bits per heavy atom. The van der Waals surface area contributed by atoms with Crippen molar-refractivity contribution < 1.29 is 15.7 Å². The SMILES string of the molecule is CCC(C)C(=O)NCCOCCn1cc(COC(C)C)nn1.[HH]. The second kappa shape index (κ2) is 10.3. The molecule has 0 saturated heterocycles. The molecule has 1 aromatic heterocycles. The number of hydrogen-bond acceptors (Lipinski definition) is 5. The quantitative estimate of drug-likeness (QED) is 0.628. The third-order valence-corrected chi connectivity index (χ3v) is 3.22. The van der Waals surface area contributed by atoms with Crippen LogP contribution in [-0.4, -0.2) is 46.8 Å². The summed E-state index contributed by atoms with van der Waals surface area (Å²) in [5.74, 6) is 0.138. The normalized spacial score (nSPS) is 12.6. The molecular formula is C15H30N4O3. The first-order chi connectivity index (χ1) is 10.5. The van der Waals surface area contributed by atoms with Crippen molar-refractivity contribution in [3.8, 4) is 0 Å². The second-order valence-electron chi connectivity index (χ2n) is 5.55. The molecular weight excluding hydrogens is 284 g/mol. The van der Waals surface area contributed by atoms with Crippen molar-refractivity contribution >= 4 is 5.91 Å². The number of hydrogen-bond donors (Lipinski definition) is 1. The molecule has 1 heterocycles. The van der Waals surface area contributed by atoms with Gasteiger partial charge in [0.05, 0.1) is 38.7 Å². The van der Waals surface area contributed by atoms with Crippen LogP contribution in [0.3, 0.4) is 0 Å². The van der Waals surface area contributed by atoms with Gasteiger partial charge in [0.25, 0.3) is 0 Å². The number of aromatic nitrogens is 3. The first-order valence-corrected chi connectivity index (χ1v) is 7.89. The van der Waals surface area contributed by atoms with E-state index in [4.69, 9.17) is 9.47 Å². The summed E-state index contributed by atoms with van der Waals surface area (Å²) < 4.78 is 12.7. The van der Waals surface area contributed by atoms with Crippen molar-refractivity contribution in [2.75, 3.05) is 19.8 Å². The van der Waals surface area contributed by atoms with Crippen LogP contribution in [0.1, 0.15) is 41.2 Å². The third-order valence-electron chi connectivity index (χ3n) is 3.22. The van der Waals surface area contributed by atoms with E-state index in [1.54, 1.807) is 4.68 Å². The minimum Gasteiger partial charge on any atom is -0.378 e. The molecule has 7 heteroatoms. The molecule has 0 saturated carbocycles. The fourth-order valence-corrected chi connectivity index (χ4v) is 1.63. The van der Waals surface area contributed by atoms with Crippen LogP contribution in [0.4, 0.5) is 0 Å². The maximum atomic E-state index is 11.5. The minimum absolute atomic E-state index is 0. The van der Waals surface area contributed by atoms with Crippen LogP contribution in [0.5, 0.6) is 0 Å². The summed E-state index contributed by atoms with van der Waals surface area (Å²) in [5.41, 5.74) is 0.814. The number of amides is 1. The van der Waals surface area contributed by atoms with Gasteiger partial charge >= 0.3 is 0 Å². The molecule has 0 radical (unpaired) electrons. The van der Waals surface area contributed by atoms with Crippen LogP contribution in [0.15, 0.2) is 6.20 Å². The van der Waals surface area contributed by atoms with E-state index in [1.165, 1.54) is 0 Å². The van der Waals surface area contributed by atoms with E-state index in [1.807, 2.05) is 33.9 Å². The third kappa shape index (κ3) is 7.51. The second-order valence-corrected chi connectivity index (χ2v) is 5.55. The summed E-state index contributed by atoms with van der Waals surface area (Å²) in [5, 5.41) is 10.9. The predicted octanol–water partition coefficient (Wildman–Crippen LogP) is 1.63. The van der Waals surface area contributed by atoms with Gasteiger partial charge in [0.15, 0.2) is 0 Å². The number of nitrogens with one attached hydrogen (secondary N) is 1. The summed E-state index contributed by atoms with van der Waals surface area (Å²) in [6.45, 7) is 10.6. The number of nitrogens with zero attached hydrogens (tertiary/aromatic N) is 3. The Morgan fingerprint density at radius 1 is 1.41 bits per heavy atom. The molecule has 0 fully saturated rings. The fraction of sp³-hybridized carbons (Fsp3) is 0.800. The molecule has 0 aliphatic heterocycles. The lowest BCUT2D eigenvalue weighted by Gasteiger charge is -2.10. The van der Waals surface area contributed by atoms with Gasteiger partial charge in [0.2, 0.25) is 5.91 Å². The average molecular weight is 314 g/mol. The molecule has 22 heavy (non-hydrogen) atoms. The molecule has 1 amide bonds. The smallest absolute Gasteiger partial charge is 0.222 e. The highest BCUT2D eigenvalue weighted by molar-refractivity contribution is 5.78. The highest BCUT2D eigenvalue weighted by atomic mass is 16.5. The van der Waals surface area contributed by atoms with Gasteiger partial charge in [-0.3, -0.25) is 4.79 Å². The summed E-state index contributed by atoms with van der Waals surface area (Å²) in [6.07, 6.45) is 2.89. The first-order valence-electron chi connectivity index (χ1n) is 7.89. The van der Waals surface area contributed by atoms with Crippen LogP contribution in [0, 0.1) is 5.92 Å². The van der Waals surface area contributed by atoms with Crippen molar-refractivity contribution in [3.63, 3.8) is 0 Å². The predicted molar refractivity (Wildman–Crippen MR) is 85.3 cm³/mol. The Bertz CT molecular complexity index is 440. The van der Waals surface area contributed by atoms with Crippen molar-refractivity contribution in [3.05, 3.63) is 11.9 Å². The van der Waals surface area contributed by atoms with E-state index >= 15 is 0 Å². The monoisotopic (exact) mass is 314 g/mol. The molecule has 1 N–H and O–H groups in total. The van der Waals surface area contributed by atoms with Gasteiger partial charge in [0.1, 0.15) is 5.69 Å². The van der Waals surface area contributed by atoms with E-state index in [0.717, 1.165) is 12.1 Å². The minimum atomic E-state index is 0. The molecule has 7 nitrogen and oxygen atoms in total. The molecule has 128 valence electrons. The van der Waals surface area contributed by atoms with Crippen LogP contribution in [0.25, 0.3) is 0 Å². The van der Waals surface area contributed by atoms with Crippen LogP contribution < -0.4 is 5.32 Å². The maximum absolute atomic E-state index is 11.5. The van der Waals surface area contributed by atoms with Gasteiger partial charge in [-0.25, -0.2) is 4.68 Å². The number of carbonyl (C=O) groups is 1. The largest absolute Gasteiger partial charge is 0.378 e. The van der Waals surface area contributed by atoms with E-state index < -0.39 is 0 Å². The Hall–Kier alpha value is -1.47. The lowest BCUT2D eigenvalue weighted by atomic mass is 10.1. The number of carbonyl (C=O) groups excluding carboxylic acids is 1. The van der Waals surface area contributed by atoms with Gasteiger partial charge in [-0.05, 0) is 20.3 Å². The van der Waals surface area contributed by atoms with Gasteiger partial charge in [-0.2, -0.15) is 0 Å². The van der Waals surface area contributed by atoms with Crippen LogP contribution >= 0.6 is 0 Å². The Balaban J connectivity index is 0.00000484. The summed E-state index contributed by atoms with van der Waals surface area (Å²) in [6, 6.07) is 0. The van der Waals surface area contributed by atoms with Gasteiger partial charge < -0.3 is 14.8 Å². The summed E-state index contributed by atoms with van der Waals surface area (Å²) in [7, 11) is 0. The van der Waals surface area contributed by atoms with Gasteiger partial charge in [-0.1, -0.05) is 19.1 Å². The topological polar surface area (TPSA) is 78.3 Å². The first kappa shape index (κ1) is 18.6. The van der Waals surface area contributed by atoms with Crippen LogP contribution in [0.2, 0.25) is 0 Å². The molecule has 0 spiro atoms. The lowest BCUT2D eigenvalue weighted by Crippen LogP contribution is -2.31. The highest BCUT2D eigenvalue weighted by Gasteiger charge is 2.08. The zero-order chi connectivity index (χ0) is 16.4. The zero-order valence-electron chi connectivity index (χ0n) is 14.0. The average Bonchev–Trinajstić information content (AvgIpc) is 2.95. The number of rotatable bonds is 11. The molecule has 1 aromatic rings. The molecule has 1 rings (SSSR count). The number of ether oxygens (including phenoxy) is 2. The van der Waals surface area contributed by atoms with Gasteiger partial charge in [0, 0.05) is 13.9 Å². The fourth-order valence-electron chi connectivity index (χ4n) is 1.63. The molecule has 0 aromatic carbocycles. The Kier molecular flexibility index (Phi) is 8.69. The van der Waals surface area contributed by atoms with Crippen LogP contribution in [-0.2, 0) is 27.4 Å². The van der Waals surface area contributed by atoms with E-state index in [0.29, 0.717) is 32.9 Å². The summed E-state index contributed by atoms with van der Waals surface area (Å²) >= 11 is 0. The molecule has 0 aliphatic rings. The molecule has 0 aliphatic carbocycles. The van der Waals surface area contributed by atoms with Gasteiger partial charge in [-0.15, -0.1) is 5.10 Å². The van der Waals surface area contributed by atoms with Crippen molar-refractivity contribution in [1.29, 1.82) is 0 Å². The van der Waals surface area contributed by atoms with E-state index in [-0.39, 0.29) is 19.4 Å². The highest BCUT2D eigenvalue weighted by Crippen LogP contribution is 2.00. The Morgan fingerprint density at radius 2 is 2.18 bits per heavy atom.